The second-order valence-corrected chi connectivity index (χ2v) is 20.5. The van der Waals surface area contributed by atoms with Gasteiger partial charge in [0, 0.05) is 84.4 Å². The van der Waals surface area contributed by atoms with Crippen molar-refractivity contribution in [2.45, 2.75) is 77.3 Å². The maximum Gasteiger partial charge on any atom is 0.411 e. The van der Waals surface area contributed by atoms with Crippen LogP contribution in [0.1, 0.15) is 73.8 Å². The number of ether oxygens (including phenoxy) is 1. The van der Waals surface area contributed by atoms with E-state index in [1.165, 1.54) is 36.4 Å². The van der Waals surface area contributed by atoms with Crippen LogP contribution in [-0.2, 0) is 24.2 Å². The number of aryl methyl sites for hydroxylation is 3. The number of anilines is 2. The summed E-state index contributed by atoms with van der Waals surface area (Å²) in [5.74, 6) is -1.45. The Balaban J connectivity index is 0.668. The van der Waals surface area contributed by atoms with E-state index in [4.69, 9.17) is 20.8 Å². The molecule has 396 valence electrons. The molecule has 2 aliphatic heterocycles. The number of fused-ring (bicyclic) bond motifs is 2. The van der Waals surface area contributed by atoms with Crippen molar-refractivity contribution in [3.63, 3.8) is 0 Å². The van der Waals surface area contributed by atoms with Crippen LogP contribution >= 0.6 is 11.6 Å². The Morgan fingerprint density at radius 1 is 0.789 bits per heavy atom. The average molecular weight is 1050 g/mol. The summed E-state index contributed by atoms with van der Waals surface area (Å²) < 4.78 is 45.6. The summed E-state index contributed by atoms with van der Waals surface area (Å²) >= 11 is 5.95. The summed E-state index contributed by atoms with van der Waals surface area (Å²) in [5.41, 5.74) is 7.17. The first-order chi connectivity index (χ1) is 36.8. The number of benzene rings is 5. The van der Waals surface area contributed by atoms with Gasteiger partial charge in [-0.05, 0) is 143 Å². The minimum Gasteiger partial charge on any atom is -0.545 e. The first-order valence-electron chi connectivity index (χ1n) is 26.0. The molecule has 4 heterocycles. The van der Waals surface area contributed by atoms with Crippen molar-refractivity contribution in [2.75, 3.05) is 64.6 Å². The smallest absolute Gasteiger partial charge is 0.411 e. The van der Waals surface area contributed by atoms with Gasteiger partial charge in [0.2, 0.25) is 5.36 Å². The molecule has 0 bridgehead atoms. The molecule has 76 heavy (non-hydrogen) atoms. The molecule has 0 unspecified atom stereocenters. The molecule has 2 aromatic heterocycles. The third-order valence-corrected chi connectivity index (χ3v) is 14.5. The van der Waals surface area contributed by atoms with E-state index in [0.717, 1.165) is 124 Å². The molecular formula is C58H63ClF2N10O5. The minimum absolute atomic E-state index is 0.0570. The van der Waals surface area contributed by atoms with Crippen molar-refractivity contribution in [3.8, 4) is 44.8 Å². The molecule has 4 aromatic carbocycles. The molecule has 18 heteroatoms. The number of nitrogens with one attached hydrogen (secondary N) is 1. The summed E-state index contributed by atoms with van der Waals surface area (Å²) in [4.78, 5) is 30.1. The van der Waals surface area contributed by atoms with E-state index in [0.29, 0.717) is 58.1 Å². The molecule has 15 nitrogen and oxygen atoms in total. The highest BCUT2D eigenvalue weighted by Gasteiger charge is 2.24. The van der Waals surface area contributed by atoms with E-state index in [1.807, 2.05) is 97.1 Å². The summed E-state index contributed by atoms with van der Waals surface area (Å²) in [6, 6.07) is 25.3. The number of hydrogen-bond acceptors (Lipinski definition) is 11. The topological polar surface area (TPSA) is 163 Å². The maximum atomic E-state index is 14.1. The SMILES string of the molecule is CN(C)c1ccc2c(-c3ccc(-c4cn(CCCCCn5cc(CCCCCCN6CCC(COC(=O)Nc7ccc(F)cc7-c7ccc(F)c(Cl)c7)CC6)nn5)nn4)cc3C(=O)[O-])c3ccc(=[N+](C)C)cc-3oc2c1. The third kappa shape index (κ3) is 13.1. The number of carbonyl (C=O) groups excluding carboxylic acids is 2. The van der Waals surface area contributed by atoms with Gasteiger partial charge in [0.1, 0.15) is 42.8 Å². The van der Waals surface area contributed by atoms with Crippen molar-refractivity contribution in [2.24, 2.45) is 5.92 Å². The second-order valence-electron chi connectivity index (χ2n) is 20.1. The molecule has 1 fully saturated rings. The molecule has 0 saturated carbocycles. The van der Waals surface area contributed by atoms with E-state index in [-0.39, 0.29) is 16.5 Å². The molecule has 3 aliphatic rings. The first-order valence-corrected chi connectivity index (χ1v) is 26.4. The number of carboxylic acids is 1. The fourth-order valence-electron chi connectivity index (χ4n) is 9.87. The first kappa shape index (κ1) is 53.3. The largest absolute Gasteiger partial charge is 0.545 e. The van der Waals surface area contributed by atoms with Gasteiger partial charge in [-0.3, -0.25) is 14.7 Å². The van der Waals surface area contributed by atoms with Crippen LogP contribution in [-0.4, -0.2) is 101 Å². The van der Waals surface area contributed by atoms with Crippen LogP contribution in [0.15, 0.2) is 108 Å². The number of unbranched alkanes of at least 4 members (excludes halogenated alkanes) is 5. The number of halogens is 3. The van der Waals surface area contributed by atoms with Gasteiger partial charge in [-0.1, -0.05) is 53.1 Å². The van der Waals surface area contributed by atoms with E-state index < -0.39 is 23.7 Å². The molecule has 0 atom stereocenters. The molecule has 0 radical (unpaired) electrons. The fraction of sp³-hybridized carbons (Fsp3) is 0.362. The summed E-state index contributed by atoms with van der Waals surface area (Å²) in [7, 11) is 7.86. The molecule has 1 aliphatic carbocycles. The lowest BCUT2D eigenvalue weighted by Crippen LogP contribution is -2.36. The van der Waals surface area contributed by atoms with Crippen LogP contribution in [0.25, 0.3) is 55.8 Å². The highest BCUT2D eigenvalue weighted by Crippen LogP contribution is 2.43. The van der Waals surface area contributed by atoms with Gasteiger partial charge in [-0.25, -0.2) is 18.2 Å². The van der Waals surface area contributed by atoms with Gasteiger partial charge in [0.15, 0.2) is 0 Å². The summed E-state index contributed by atoms with van der Waals surface area (Å²) in [6.07, 6.45) is 13.3. The van der Waals surface area contributed by atoms with Crippen LogP contribution in [0.4, 0.5) is 25.0 Å². The van der Waals surface area contributed by atoms with Gasteiger partial charge in [0.05, 0.1) is 41.2 Å². The highest BCUT2D eigenvalue weighted by molar-refractivity contribution is 6.31. The monoisotopic (exact) mass is 1050 g/mol. The maximum absolute atomic E-state index is 14.1. The molecule has 9 rings (SSSR count). The number of aromatic carboxylic acids is 1. The number of amides is 1. The number of carbonyl (C=O) groups is 2. The lowest BCUT2D eigenvalue weighted by atomic mass is 9.89. The molecule has 1 amide bonds. The predicted molar refractivity (Wildman–Crippen MR) is 290 cm³/mol. The quantitative estimate of drug-likeness (QED) is 0.0414. The van der Waals surface area contributed by atoms with Crippen LogP contribution in [0.3, 0.4) is 0 Å². The molecule has 1 saturated heterocycles. The average Bonchev–Trinajstić information content (AvgIpc) is 4.11. The van der Waals surface area contributed by atoms with Gasteiger partial charge >= 0.3 is 6.09 Å². The van der Waals surface area contributed by atoms with E-state index >= 15 is 0 Å². The van der Waals surface area contributed by atoms with E-state index in [1.54, 1.807) is 10.7 Å². The summed E-state index contributed by atoms with van der Waals surface area (Å²) in [6.45, 7) is 4.71. The Bertz CT molecular complexity index is 3380. The van der Waals surface area contributed by atoms with Crippen molar-refractivity contribution < 1.29 is 32.6 Å². The summed E-state index contributed by atoms with van der Waals surface area (Å²) in [5, 5.41) is 34.8. The zero-order valence-electron chi connectivity index (χ0n) is 43.4. The highest BCUT2D eigenvalue weighted by atomic mass is 35.5. The number of rotatable bonds is 21. The van der Waals surface area contributed by atoms with Gasteiger partial charge < -0.3 is 28.9 Å². The number of likely N-dealkylation sites (tertiary alicyclic amines) is 1. The van der Waals surface area contributed by atoms with Crippen LogP contribution < -0.4 is 25.3 Å². The van der Waals surface area contributed by atoms with Gasteiger partial charge in [0.25, 0.3) is 0 Å². The van der Waals surface area contributed by atoms with Crippen LogP contribution in [0.2, 0.25) is 5.02 Å². The lowest BCUT2D eigenvalue weighted by Gasteiger charge is -2.31. The van der Waals surface area contributed by atoms with Crippen LogP contribution in [0.5, 0.6) is 0 Å². The molecular weight excluding hydrogens is 990 g/mol. The van der Waals surface area contributed by atoms with Gasteiger partial charge in [-0.15, -0.1) is 10.2 Å². The third-order valence-electron chi connectivity index (χ3n) is 14.2. The minimum atomic E-state index is -1.28. The van der Waals surface area contributed by atoms with Crippen molar-refractivity contribution in [1.29, 1.82) is 0 Å². The van der Waals surface area contributed by atoms with Gasteiger partial charge in [-0.2, -0.15) is 0 Å². The lowest BCUT2D eigenvalue weighted by molar-refractivity contribution is -0.254. The van der Waals surface area contributed by atoms with Crippen molar-refractivity contribution in [3.05, 3.63) is 137 Å². The number of nitrogens with zero attached hydrogens (tertiary/aromatic N) is 9. The van der Waals surface area contributed by atoms with E-state index in [2.05, 4.69) is 37.0 Å². The number of piperidine rings is 1. The second kappa shape index (κ2) is 24.4. The fourth-order valence-corrected chi connectivity index (χ4v) is 10.1. The standard InChI is InChI=1S/C58H63ClF2N10O5/c1-67(2)43-16-19-46-54(33-43)76-55-34-44(68(3)4)17-20-47(55)56(46)45-18-13-40(30-49(45)57(72)73)53-36-71(66-64-53)27-11-7-10-26-70-35-42(63-65-70)12-8-5-6-9-25-69-28-23-38(24-29-69)37-75-58(74)62-52-22-15-41(60)32-48(52)39-14-21-51(61)50(59)31-39/h13-22,30-36,38H,5-12,23-29,37H2,1-4H3,(H-,62,72,73,74). The number of aromatic nitrogens is 6. The predicted octanol–water partition coefficient (Wildman–Crippen LogP) is 10.0. The Morgan fingerprint density at radius 2 is 1.51 bits per heavy atom. The van der Waals surface area contributed by atoms with Crippen molar-refractivity contribution >= 4 is 46.0 Å². The molecule has 0 spiro atoms. The zero-order valence-corrected chi connectivity index (χ0v) is 44.2. The Labute approximate surface area is 445 Å². The number of hydrogen-bond donors (Lipinski definition) is 1. The molecule has 6 aromatic rings. The van der Waals surface area contributed by atoms with E-state index in [9.17, 15) is 23.5 Å². The van der Waals surface area contributed by atoms with Crippen LogP contribution in [0, 0.1) is 17.6 Å². The molecule has 1 N–H and O–H groups in total. The van der Waals surface area contributed by atoms with Crippen molar-refractivity contribution in [1.82, 2.24) is 39.5 Å². The Morgan fingerprint density at radius 3 is 2.28 bits per heavy atom. The zero-order chi connectivity index (χ0) is 53.3. The normalized spacial score (nSPS) is 13.1. The number of carboxylic acid groups (broad SMARTS) is 1. The Hall–Kier alpha value is -7.50. The Kier molecular flexibility index (Phi) is 17.2.